The monoisotopic (exact) mass is 247 g/mol. The number of rotatable bonds is 4. The van der Waals surface area contributed by atoms with Gasteiger partial charge in [0, 0.05) is 12.0 Å². The van der Waals surface area contributed by atoms with E-state index in [2.05, 4.69) is 12.2 Å². The van der Waals surface area contributed by atoms with Crippen LogP contribution in [0.5, 0.6) is 0 Å². The van der Waals surface area contributed by atoms with Crippen molar-refractivity contribution in [1.82, 2.24) is 5.32 Å². The summed E-state index contributed by atoms with van der Waals surface area (Å²) in [6.45, 7) is 3.99. The first-order valence-electron chi connectivity index (χ1n) is 6.17. The molecule has 0 aliphatic heterocycles. The van der Waals surface area contributed by atoms with Crippen LogP contribution in [0.3, 0.4) is 0 Å². The van der Waals surface area contributed by atoms with Crippen LogP contribution in [0.25, 0.3) is 0 Å². The van der Waals surface area contributed by atoms with Gasteiger partial charge in [-0.3, -0.25) is 0 Å². The number of benzene rings is 1. The molecule has 0 saturated carbocycles. The van der Waals surface area contributed by atoms with Gasteiger partial charge in [-0.2, -0.15) is 0 Å². The molecule has 1 N–H and O–H groups in total. The zero-order valence-electron chi connectivity index (χ0n) is 11.0. The summed E-state index contributed by atoms with van der Waals surface area (Å²) in [4.78, 5) is 0. The molecule has 1 aromatic heterocycles. The zero-order valence-corrected chi connectivity index (χ0v) is 11.0. The normalized spacial score (nSPS) is 12.7. The van der Waals surface area contributed by atoms with Gasteiger partial charge in [-0.05, 0) is 43.3 Å². The Morgan fingerprint density at radius 3 is 2.67 bits per heavy atom. The van der Waals surface area contributed by atoms with Crippen LogP contribution in [0.2, 0.25) is 0 Å². The second-order valence-corrected chi connectivity index (χ2v) is 4.38. The van der Waals surface area contributed by atoms with Gasteiger partial charge in [0.15, 0.2) is 0 Å². The van der Waals surface area contributed by atoms with Crippen molar-refractivity contribution in [2.24, 2.45) is 0 Å². The van der Waals surface area contributed by atoms with E-state index in [1.54, 1.807) is 12.3 Å². The molecule has 2 aromatic rings. The van der Waals surface area contributed by atoms with Gasteiger partial charge in [-0.1, -0.05) is 13.0 Å². The number of nitrogens with one attached hydrogen (secondary N) is 1. The molecule has 0 fully saturated rings. The van der Waals surface area contributed by atoms with Crippen LogP contribution >= 0.6 is 0 Å². The first-order valence-corrected chi connectivity index (χ1v) is 6.17. The number of hydrogen-bond acceptors (Lipinski definition) is 2. The molecule has 1 atom stereocenters. The minimum atomic E-state index is -0.200. The van der Waals surface area contributed by atoms with Crippen LogP contribution in [0.15, 0.2) is 34.9 Å². The molecule has 0 aliphatic carbocycles. The Labute approximate surface area is 107 Å². The summed E-state index contributed by atoms with van der Waals surface area (Å²) < 4.78 is 18.6. The molecule has 0 spiro atoms. The molecule has 1 aromatic carbocycles. The van der Waals surface area contributed by atoms with E-state index in [0.29, 0.717) is 0 Å². The first kappa shape index (κ1) is 12.8. The van der Waals surface area contributed by atoms with Gasteiger partial charge < -0.3 is 9.73 Å². The zero-order chi connectivity index (χ0) is 13.1. The summed E-state index contributed by atoms with van der Waals surface area (Å²) in [5.74, 6) is 0.770. The van der Waals surface area contributed by atoms with Crippen molar-refractivity contribution in [3.63, 3.8) is 0 Å². The van der Waals surface area contributed by atoms with E-state index in [4.69, 9.17) is 4.42 Å². The van der Waals surface area contributed by atoms with Gasteiger partial charge >= 0.3 is 0 Å². The summed E-state index contributed by atoms with van der Waals surface area (Å²) >= 11 is 0. The molecule has 2 rings (SSSR count). The maximum Gasteiger partial charge on any atom is 0.123 e. The van der Waals surface area contributed by atoms with E-state index in [0.717, 1.165) is 28.9 Å². The van der Waals surface area contributed by atoms with Crippen LogP contribution in [0, 0.1) is 12.7 Å². The highest BCUT2D eigenvalue weighted by Crippen LogP contribution is 2.28. The summed E-state index contributed by atoms with van der Waals surface area (Å²) in [5.41, 5.74) is 3.14. The first-order chi connectivity index (χ1) is 8.67. The van der Waals surface area contributed by atoms with Gasteiger partial charge in [0.25, 0.3) is 0 Å². The van der Waals surface area contributed by atoms with Crippen molar-refractivity contribution < 1.29 is 8.81 Å². The molecule has 3 heteroatoms. The van der Waals surface area contributed by atoms with E-state index >= 15 is 0 Å². The Morgan fingerprint density at radius 2 is 2.06 bits per heavy atom. The minimum Gasteiger partial charge on any atom is -0.469 e. The lowest BCUT2D eigenvalue weighted by atomic mass is 9.95. The maximum absolute atomic E-state index is 13.2. The molecule has 1 heterocycles. The Bertz CT molecular complexity index is 533. The van der Waals surface area contributed by atoms with E-state index in [1.165, 1.54) is 6.07 Å². The lowest BCUT2D eigenvalue weighted by Crippen LogP contribution is -2.19. The van der Waals surface area contributed by atoms with Crippen LogP contribution in [0.1, 0.15) is 35.4 Å². The second-order valence-electron chi connectivity index (χ2n) is 4.38. The van der Waals surface area contributed by atoms with Gasteiger partial charge in [0.2, 0.25) is 0 Å². The molecule has 0 aliphatic rings. The summed E-state index contributed by atoms with van der Waals surface area (Å²) in [6, 6.07) is 6.91. The van der Waals surface area contributed by atoms with Gasteiger partial charge in [-0.15, -0.1) is 0 Å². The fourth-order valence-corrected chi connectivity index (χ4v) is 2.34. The predicted octanol–water partition coefficient (Wildman–Crippen LogP) is 3.60. The van der Waals surface area contributed by atoms with Gasteiger partial charge in [-0.25, -0.2) is 4.39 Å². The summed E-state index contributed by atoms with van der Waals surface area (Å²) in [7, 11) is 1.90. The largest absolute Gasteiger partial charge is 0.469 e. The Hall–Kier alpha value is -1.61. The third-order valence-corrected chi connectivity index (χ3v) is 3.24. The number of aryl methyl sites for hydroxylation is 2. The van der Waals surface area contributed by atoms with E-state index in [1.807, 2.05) is 26.1 Å². The average Bonchev–Trinajstić information content (AvgIpc) is 2.81. The van der Waals surface area contributed by atoms with Gasteiger partial charge in [0.1, 0.15) is 11.6 Å². The number of hydrogen-bond donors (Lipinski definition) is 1. The molecule has 1 unspecified atom stereocenters. The Kier molecular flexibility index (Phi) is 3.82. The SMILES string of the molecule is CCc1occc1C(NC)c1ccc(F)cc1C. The van der Waals surface area contributed by atoms with Crippen LogP contribution in [-0.4, -0.2) is 7.05 Å². The third-order valence-electron chi connectivity index (χ3n) is 3.24. The lowest BCUT2D eigenvalue weighted by Gasteiger charge is -2.19. The lowest BCUT2D eigenvalue weighted by molar-refractivity contribution is 0.504. The average molecular weight is 247 g/mol. The molecule has 0 bridgehead atoms. The number of halogens is 1. The van der Waals surface area contributed by atoms with Crippen molar-refractivity contribution >= 4 is 0 Å². The molecular formula is C15H18FNO. The fourth-order valence-electron chi connectivity index (χ4n) is 2.34. The fraction of sp³-hybridized carbons (Fsp3) is 0.333. The molecule has 96 valence electrons. The standard InChI is InChI=1S/C15H18FNO/c1-4-14-13(7-8-18-14)15(17-3)12-6-5-11(16)9-10(12)2/h5-9,15,17H,4H2,1-3H3. The Balaban J connectivity index is 2.45. The summed E-state index contributed by atoms with van der Waals surface area (Å²) in [6.07, 6.45) is 2.55. The van der Waals surface area contributed by atoms with Crippen molar-refractivity contribution in [2.75, 3.05) is 7.05 Å². The highest BCUT2D eigenvalue weighted by atomic mass is 19.1. The topological polar surface area (TPSA) is 25.2 Å². The Morgan fingerprint density at radius 1 is 1.28 bits per heavy atom. The van der Waals surface area contributed by atoms with Crippen molar-refractivity contribution in [1.29, 1.82) is 0 Å². The number of furan rings is 1. The third kappa shape index (κ3) is 2.31. The molecule has 0 amide bonds. The van der Waals surface area contributed by atoms with Gasteiger partial charge in [0.05, 0.1) is 12.3 Å². The van der Waals surface area contributed by atoms with Crippen molar-refractivity contribution in [3.05, 3.63) is 58.8 Å². The van der Waals surface area contributed by atoms with E-state index < -0.39 is 0 Å². The molecule has 2 nitrogen and oxygen atoms in total. The van der Waals surface area contributed by atoms with Crippen molar-refractivity contribution in [3.8, 4) is 0 Å². The van der Waals surface area contributed by atoms with E-state index in [-0.39, 0.29) is 11.9 Å². The van der Waals surface area contributed by atoms with Crippen LogP contribution in [0.4, 0.5) is 4.39 Å². The predicted molar refractivity (Wildman–Crippen MR) is 70.1 cm³/mol. The summed E-state index contributed by atoms with van der Waals surface area (Å²) in [5, 5.41) is 3.27. The second kappa shape index (κ2) is 5.36. The van der Waals surface area contributed by atoms with Crippen LogP contribution < -0.4 is 5.32 Å². The maximum atomic E-state index is 13.2. The highest BCUT2D eigenvalue weighted by molar-refractivity contribution is 5.38. The van der Waals surface area contributed by atoms with Crippen molar-refractivity contribution in [2.45, 2.75) is 26.3 Å². The minimum absolute atomic E-state index is 0.0410. The molecule has 18 heavy (non-hydrogen) atoms. The van der Waals surface area contributed by atoms with Crippen LogP contribution in [-0.2, 0) is 6.42 Å². The molecular weight excluding hydrogens is 229 g/mol. The quantitative estimate of drug-likeness (QED) is 0.893. The molecule has 0 saturated heterocycles. The smallest absolute Gasteiger partial charge is 0.123 e. The van der Waals surface area contributed by atoms with E-state index in [9.17, 15) is 4.39 Å². The molecule has 0 radical (unpaired) electrons. The highest BCUT2D eigenvalue weighted by Gasteiger charge is 2.19.